The van der Waals surface area contributed by atoms with Gasteiger partial charge in [0.2, 0.25) is 0 Å². The van der Waals surface area contributed by atoms with E-state index >= 15 is 0 Å². The van der Waals surface area contributed by atoms with E-state index in [1.807, 2.05) is 62.5 Å². The van der Waals surface area contributed by atoms with Gasteiger partial charge in [-0.1, -0.05) is 42.5 Å². The number of ether oxygens (including phenoxy) is 1. The number of carbonyl (C=O) groups is 1. The van der Waals surface area contributed by atoms with Gasteiger partial charge in [0.15, 0.2) is 5.82 Å². The van der Waals surface area contributed by atoms with Gasteiger partial charge in [-0.2, -0.15) is 0 Å². The van der Waals surface area contributed by atoms with Gasteiger partial charge in [0.05, 0.1) is 7.11 Å². The number of aryl methyl sites for hydroxylation is 1. The van der Waals surface area contributed by atoms with Gasteiger partial charge in [0.25, 0.3) is 0 Å². The third kappa shape index (κ3) is 4.03. The van der Waals surface area contributed by atoms with Crippen molar-refractivity contribution in [1.29, 1.82) is 0 Å². The monoisotopic (exact) mass is 375 g/mol. The van der Waals surface area contributed by atoms with Crippen LogP contribution in [0.5, 0.6) is 0 Å². The van der Waals surface area contributed by atoms with Gasteiger partial charge in [-0.25, -0.2) is 14.8 Å². The summed E-state index contributed by atoms with van der Waals surface area (Å²) in [5.41, 5.74) is 4.76. The Balaban J connectivity index is 2.03. The summed E-state index contributed by atoms with van der Waals surface area (Å²) in [6.45, 7) is 5.89. The Hall–Kier alpha value is -3.21. The molecule has 0 aliphatic heterocycles. The lowest BCUT2D eigenvalue weighted by atomic mass is 10.0. The molecule has 0 saturated heterocycles. The minimum atomic E-state index is -0.269. The summed E-state index contributed by atoms with van der Waals surface area (Å²) in [5.74, 6) is 1.30. The normalized spacial score (nSPS) is 13.4. The zero-order valence-electron chi connectivity index (χ0n) is 16.6. The van der Waals surface area contributed by atoms with Gasteiger partial charge in [0, 0.05) is 35.1 Å². The molecule has 3 rings (SSSR count). The Labute approximate surface area is 166 Å². The van der Waals surface area contributed by atoms with Crippen LogP contribution in [0.4, 0.5) is 5.82 Å². The minimum absolute atomic E-state index is 0.269. The maximum Gasteiger partial charge on any atom is 0.333 e. The number of carbonyl (C=O) groups excluding carboxylic acids is 1. The molecule has 0 atom stereocenters. The molecule has 0 bridgehead atoms. The first kappa shape index (κ1) is 19.5. The molecule has 1 heterocycles. The quantitative estimate of drug-likeness (QED) is 0.553. The molecule has 1 aliphatic carbocycles. The van der Waals surface area contributed by atoms with Crippen LogP contribution in [0.25, 0.3) is 11.4 Å². The number of anilines is 1. The summed E-state index contributed by atoms with van der Waals surface area (Å²) in [6.07, 6.45) is 7.75. The van der Waals surface area contributed by atoms with Crippen LogP contribution in [0.2, 0.25) is 0 Å². The highest BCUT2D eigenvalue weighted by Crippen LogP contribution is 2.30. The van der Waals surface area contributed by atoms with Gasteiger partial charge >= 0.3 is 5.97 Å². The molecule has 0 spiro atoms. The first-order valence-corrected chi connectivity index (χ1v) is 9.30. The minimum Gasteiger partial charge on any atom is -0.466 e. The number of hydrogen-bond acceptors (Lipinski definition) is 5. The SMILES string of the molecule is C=CCc1c(C)nc(-c2ccccc2)nc1N(C)C1=CC=C(C(=O)OC)CC1. The molecule has 5 nitrogen and oxygen atoms in total. The number of benzene rings is 1. The van der Waals surface area contributed by atoms with E-state index in [-0.39, 0.29) is 5.97 Å². The van der Waals surface area contributed by atoms with Crippen LogP contribution in [0.15, 0.2) is 66.4 Å². The van der Waals surface area contributed by atoms with Crippen molar-refractivity contribution in [3.8, 4) is 11.4 Å². The maximum absolute atomic E-state index is 11.7. The fraction of sp³-hybridized carbons (Fsp3) is 0.261. The van der Waals surface area contributed by atoms with Crippen LogP contribution < -0.4 is 4.90 Å². The summed E-state index contributed by atoms with van der Waals surface area (Å²) >= 11 is 0. The zero-order valence-corrected chi connectivity index (χ0v) is 16.6. The Morgan fingerprint density at radius 1 is 1.21 bits per heavy atom. The van der Waals surface area contributed by atoms with Crippen molar-refractivity contribution in [2.45, 2.75) is 26.2 Å². The molecule has 0 unspecified atom stereocenters. The predicted molar refractivity (Wildman–Crippen MR) is 112 cm³/mol. The third-order valence-electron chi connectivity index (χ3n) is 4.90. The number of esters is 1. The molecule has 0 amide bonds. The van der Waals surface area contributed by atoms with Crippen LogP contribution in [0.3, 0.4) is 0 Å². The molecule has 0 saturated carbocycles. The summed E-state index contributed by atoms with van der Waals surface area (Å²) in [6, 6.07) is 9.97. The maximum atomic E-state index is 11.7. The molecular weight excluding hydrogens is 350 g/mol. The number of methoxy groups -OCH3 is 1. The van der Waals surface area contributed by atoms with Crippen LogP contribution in [0, 0.1) is 6.92 Å². The highest BCUT2D eigenvalue weighted by atomic mass is 16.5. The smallest absolute Gasteiger partial charge is 0.333 e. The molecule has 28 heavy (non-hydrogen) atoms. The van der Waals surface area contributed by atoms with Gasteiger partial charge < -0.3 is 9.64 Å². The fourth-order valence-corrected chi connectivity index (χ4v) is 3.30. The molecule has 0 N–H and O–H groups in total. The number of allylic oxidation sites excluding steroid dienone is 4. The van der Waals surface area contributed by atoms with Gasteiger partial charge in [0.1, 0.15) is 5.82 Å². The van der Waals surface area contributed by atoms with E-state index in [4.69, 9.17) is 14.7 Å². The molecule has 0 radical (unpaired) electrons. The van der Waals surface area contributed by atoms with E-state index in [1.165, 1.54) is 7.11 Å². The van der Waals surface area contributed by atoms with Crippen molar-refractivity contribution in [2.24, 2.45) is 0 Å². The standard InChI is InChI=1S/C23H25N3O2/c1-5-9-20-16(2)24-21(17-10-7-6-8-11-17)25-22(20)26(3)19-14-12-18(13-15-19)23(27)28-4/h5-8,10-12,14H,1,9,13,15H2,2-4H3. The molecule has 2 aromatic rings. The number of aromatic nitrogens is 2. The highest BCUT2D eigenvalue weighted by Gasteiger charge is 2.21. The largest absolute Gasteiger partial charge is 0.466 e. The molecule has 144 valence electrons. The van der Waals surface area contributed by atoms with Crippen molar-refractivity contribution >= 4 is 11.8 Å². The van der Waals surface area contributed by atoms with Crippen molar-refractivity contribution < 1.29 is 9.53 Å². The van der Waals surface area contributed by atoms with Gasteiger partial charge in [-0.3, -0.25) is 0 Å². The second-order valence-electron chi connectivity index (χ2n) is 6.69. The van der Waals surface area contributed by atoms with Crippen LogP contribution in [-0.2, 0) is 16.0 Å². The molecule has 1 aromatic carbocycles. The Morgan fingerprint density at radius 2 is 1.96 bits per heavy atom. The second-order valence-corrected chi connectivity index (χ2v) is 6.69. The molecule has 1 aromatic heterocycles. The van der Waals surface area contributed by atoms with Crippen LogP contribution in [0.1, 0.15) is 24.1 Å². The van der Waals surface area contributed by atoms with Gasteiger partial charge in [-0.15, -0.1) is 6.58 Å². The number of rotatable bonds is 6. The Kier molecular flexibility index (Phi) is 6.04. The lowest BCUT2D eigenvalue weighted by molar-refractivity contribution is -0.136. The summed E-state index contributed by atoms with van der Waals surface area (Å²) < 4.78 is 4.82. The van der Waals surface area contributed by atoms with E-state index < -0.39 is 0 Å². The van der Waals surface area contributed by atoms with Crippen LogP contribution >= 0.6 is 0 Å². The van der Waals surface area contributed by atoms with Crippen molar-refractivity contribution in [1.82, 2.24) is 9.97 Å². The third-order valence-corrected chi connectivity index (χ3v) is 4.90. The average Bonchev–Trinajstić information content (AvgIpc) is 2.74. The van der Waals surface area contributed by atoms with Crippen molar-refractivity contribution in [2.75, 3.05) is 19.1 Å². The highest BCUT2D eigenvalue weighted by molar-refractivity contribution is 5.89. The lowest BCUT2D eigenvalue weighted by Gasteiger charge is -2.27. The van der Waals surface area contributed by atoms with E-state index in [9.17, 15) is 4.79 Å². The van der Waals surface area contributed by atoms with E-state index in [1.54, 1.807) is 0 Å². The molecule has 0 fully saturated rings. The van der Waals surface area contributed by atoms with E-state index in [0.29, 0.717) is 24.2 Å². The van der Waals surface area contributed by atoms with Crippen molar-refractivity contribution in [3.05, 3.63) is 77.7 Å². The summed E-state index contributed by atoms with van der Waals surface area (Å²) in [5, 5.41) is 0. The number of nitrogens with zero attached hydrogens (tertiary/aromatic N) is 3. The average molecular weight is 375 g/mol. The van der Waals surface area contributed by atoms with Crippen molar-refractivity contribution in [3.63, 3.8) is 0 Å². The zero-order chi connectivity index (χ0) is 20.1. The second kappa shape index (κ2) is 8.65. The predicted octanol–water partition coefficient (Wildman–Crippen LogP) is 4.39. The Bertz CT molecular complexity index is 946. The molecular formula is C23H25N3O2. The molecule has 5 heteroatoms. The van der Waals surface area contributed by atoms with Crippen LogP contribution in [-0.4, -0.2) is 30.1 Å². The summed E-state index contributed by atoms with van der Waals surface area (Å²) in [4.78, 5) is 23.4. The number of hydrogen-bond donors (Lipinski definition) is 0. The Morgan fingerprint density at radius 3 is 2.57 bits per heavy atom. The van der Waals surface area contributed by atoms with E-state index in [2.05, 4.69) is 11.5 Å². The molecule has 1 aliphatic rings. The summed E-state index contributed by atoms with van der Waals surface area (Å²) in [7, 11) is 3.41. The lowest BCUT2D eigenvalue weighted by Crippen LogP contribution is -2.22. The van der Waals surface area contributed by atoms with E-state index in [0.717, 1.165) is 34.8 Å². The first-order chi connectivity index (χ1) is 13.5. The van der Waals surface area contributed by atoms with Gasteiger partial charge in [-0.05, 0) is 32.3 Å². The fourth-order valence-electron chi connectivity index (χ4n) is 3.30. The first-order valence-electron chi connectivity index (χ1n) is 9.30. The topological polar surface area (TPSA) is 55.3 Å².